The van der Waals surface area contributed by atoms with Crippen molar-refractivity contribution < 1.29 is 14.3 Å². The van der Waals surface area contributed by atoms with E-state index >= 15 is 0 Å². The van der Waals surface area contributed by atoms with Crippen LogP contribution in [0.2, 0.25) is 0 Å². The summed E-state index contributed by atoms with van der Waals surface area (Å²) in [5, 5.41) is 5.00. The predicted octanol–water partition coefficient (Wildman–Crippen LogP) is 3.19. The molecule has 0 aromatic carbocycles. The third-order valence-corrected chi connectivity index (χ3v) is 3.25. The Labute approximate surface area is 144 Å². The summed E-state index contributed by atoms with van der Waals surface area (Å²) in [6.07, 6.45) is 1.14. The number of nitrogens with one attached hydrogen (secondary N) is 1. The first-order chi connectivity index (χ1) is 10.5. The van der Waals surface area contributed by atoms with E-state index in [1.54, 1.807) is 12.3 Å². The smallest absolute Gasteiger partial charge is 0.311 e. The lowest BCUT2D eigenvalue weighted by Crippen LogP contribution is -2.30. The molecule has 0 unspecified atom stereocenters. The van der Waals surface area contributed by atoms with Gasteiger partial charge in [0.1, 0.15) is 0 Å². The number of nitrogens with zero attached hydrogens (tertiary/aromatic N) is 2. The molecule has 0 fully saturated rings. The summed E-state index contributed by atoms with van der Waals surface area (Å²) >= 11 is 1.31. The monoisotopic (exact) mass is 345 g/mol. The number of thiazole rings is 1. The Balaban J connectivity index is 0. The van der Waals surface area contributed by atoms with Crippen LogP contribution in [0.4, 0.5) is 5.13 Å². The Morgan fingerprint density at radius 2 is 2.00 bits per heavy atom. The van der Waals surface area contributed by atoms with Crippen LogP contribution in [-0.4, -0.2) is 48.5 Å². The standard InChI is InChI=1S/C13H21N3O3S.C2H6.CH4/c1-4-6-16(3)8-11(17)15-13-14-10(9-20-13)7-12(18)19-5-2;1-2;/h9H,4-8H2,1-3H3,(H,14,15,17);1-2H3;1H4. The molecule has 0 spiro atoms. The molecule has 6 nitrogen and oxygen atoms in total. The van der Waals surface area contributed by atoms with Crippen LogP contribution in [0.15, 0.2) is 5.38 Å². The quantitative estimate of drug-likeness (QED) is 0.733. The van der Waals surface area contributed by atoms with E-state index in [1.165, 1.54) is 11.3 Å². The minimum absolute atomic E-state index is 0. The van der Waals surface area contributed by atoms with E-state index in [2.05, 4.69) is 17.2 Å². The van der Waals surface area contributed by atoms with Crippen molar-refractivity contribution in [3.63, 3.8) is 0 Å². The highest BCUT2D eigenvalue weighted by Crippen LogP contribution is 2.16. The molecule has 134 valence electrons. The van der Waals surface area contributed by atoms with Crippen molar-refractivity contribution in [1.82, 2.24) is 9.88 Å². The van der Waals surface area contributed by atoms with Gasteiger partial charge < -0.3 is 10.1 Å². The number of carbonyl (C=O) groups excluding carboxylic acids is 2. The summed E-state index contributed by atoms with van der Waals surface area (Å²) in [6.45, 7) is 9.39. The molecule has 1 aromatic rings. The van der Waals surface area contributed by atoms with Gasteiger partial charge in [0, 0.05) is 5.38 Å². The minimum atomic E-state index is -0.307. The molecule has 1 rings (SSSR count). The second kappa shape index (κ2) is 14.1. The minimum Gasteiger partial charge on any atom is -0.466 e. The van der Waals surface area contributed by atoms with Gasteiger partial charge in [-0.25, -0.2) is 4.98 Å². The molecular weight excluding hydrogens is 314 g/mol. The maximum absolute atomic E-state index is 11.8. The SMILES string of the molecule is C.CC.CCCN(C)CC(=O)Nc1nc(CC(=O)OCC)cs1. The van der Waals surface area contributed by atoms with Crippen LogP contribution in [0.1, 0.15) is 47.2 Å². The second-order valence-electron chi connectivity index (χ2n) is 4.41. The van der Waals surface area contributed by atoms with Gasteiger partial charge in [-0.1, -0.05) is 28.2 Å². The Kier molecular flexibility index (Phi) is 14.6. The van der Waals surface area contributed by atoms with E-state index in [9.17, 15) is 9.59 Å². The molecule has 0 aliphatic rings. The Hall–Kier alpha value is -1.47. The first-order valence-corrected chi connectivity index (χ1v) is 8.51. The molecule has 1 aromatic heterocycles. The summed E-state index contributed by atoms with van der Waals surface area (Å²) in [7, 11) is 1.90. The van der Waals surface area contributed by atoms with Crippen molar-refractivity contribution >= 4 is 28.3 Å². The number of ether oxygens (including phenoxy) is 1. The molecule has 23 heavy (non-hydrogen) atoms. The molecule has 1 heterocycles. The van der Waals surface area contributed by atoms with Crippen molar-refractivity contribution in [2.45, 2.75) is 48.0 Å². The number of hydrogen-bond acceptors (Lipinski definition) is 6. The molecule has 0 bridgehead atoms. The summed E-state index contributed by atoms with van der Waals surface area (Å²) in [6, 6.07) is 0. The number of amides is 1. The normalized spacial score (nSPS) is 9.48. The van der Waals surface area contributed by atoms with E-state index in [0.29, 0.717) is 24.0 Å². The lowest BCUT2D eigenvalue weighted by Gasteiger charge is -2.13. The number of likely N-dealkylation sites (N-methyl/N-ethyl adjacent to an activating group) is 1. The summed E-state index contributed by atoms with van der Waals surface area (Å²) in [5.41, 5.74) is 0.616. The van der Waals surface area contributed by atoms with E-state index in [1.807, 2.05) is 25.8 Å². The van der Waals surface area contributed by atoms with Crippen molar-refractivity contribution in [1.29, 1.82) is 0 Å². The number of esters is 1. The van der Waals surface area contributed by atoms with Gasteiger partial charge in [0.05, 0.1) is 25.3 Å². The average Bonchev–Trinajstić information content (AvgIpc) is 2.88. The Morgan fingerprint density at radius 3 is 2.57 bits per heavy atom. The molecule has 0 saturated heterocycles. The van der Waals surface area contributed by atoms with Gasteiger partial charge in [-0.3, -0.25) is 14.5 Å². The van der Waals surface area contributed by atoms with Crippen molar-refractivity contribution in [3.8, 4) is 0 Å². The highest BCUT2D eigenvalue weighted by molar-refractivity contribution is 7.13. The zero-order valence-electron chi connectivity index (χ0n) is 14.1. The number of rotatable bonds is 8. The molecule has 0 saturated carbocycles. The molecule has 0 radical (unpaired) electrons. The highest BCUT2D eigenvalue weighted by Gasteiger charge is 2.11. The lowest BCUT2D eigenvalue weighted by atomic mass is 10.3. The van der Waals surface area contributed by atoms with E-state index in [0.717, 1.165) is 13.0 Å². The van der Waals surface area contributed by atoms with Crippen LogP contribution in [0.5, 0.6) is 0 Å². The fourth-order valence-electron chi connectivity index (χ4n) is 1.67. The van der Waals surface area contributed by atoms with Crippen LogP contribution in [0.25, 0.3) is 0 Å². The fourth-order valence-corrected chi connectivity index (χ4v) is 2.40. The topological polar surface area (TPSA) is 71.5 Å². The molecule has 0 atom stereocenters. The van der Waals surface area contributed by atoms with Gasteiger partial charge in [-0.05, 0) is 26.9 Å². The van der Waals surface area contributed by atoms with E-state index < -0.39 is 0 Å². The third kappa shape index (κ3) is 10.8. The second-order valence-corrected chi connectivity index (χ2v) is 5.27. The Morgan fingerprint density at radius 1 is 1.35 bits per heavy atom. The van der Waals surface area contributed by atoms with Gasteiger partial charge in [0.15, 0.2) is 5.13 Å². The van der Waals surface area contributed by atoms with Crippen LogP contribution >= 0.6 is 11.3 Å². The van der Waals surface area contributed by atoms with Gasteiger partial charge in [0.25, 0.3) is 0 Å². The molecule has 0 aliphatic heterocycles. The third-order valence-electron chi connectivity index (χ3n) is 2.45. The zero-order valence-corrected chi connectivity index (χ0v) is 15.0. The summed E-state index contributed by atoms with van der Waals surface area (Å²) in [4.78, 5) is 29.2. The first kappa shape index (κ1) is 23.8. The lowest BCUT2D eigenvalue weighted by molar-refractivity contribution is -0.142. The fraction of sp³-hybridized carbons (Fsp3) is 0.688. The molecule has 0 aliphatic carbocycles. The molecule has 1 N–H and O–H groups in total. The predicted molar refractivity (Wildman–Crippen MR) is 96.9 cm³/mol. The van der Waals surface area contributed by atoms with Crippen LogP contribution in [0, 0.1) is 0 Å². The van der Waals surface area contributed by atoms with Crippen molar-refractivity contribution in [2.24, 2.45) is 0 Å². The first-order valence-electron chi connectivity index (χ1n) is 7.63. The molecular formula is C16H31N3O3S. The summed E-state index contributed by atoms with van der Waals surface area (Å²) in [5.74, 6) is -0.406. The average molecular weight is 346 g/mol. The van der Waals surface area contributed by atoms with Gasteiger partial charge in [-0.15, -0.1) is 11.3 Å². The van der Waals surface area contributed by atoms with Crippen LogP contribution < -0.4 is 5.32 Å². The van der Waals surface area contributed by atoms with Crippen molar-refractivity contribution in [2.75, 3.05) is 32.1 Å². The molecule has 7 heteroatoms. The van der Waals surface area contributed by atoms with Gasteiger partial charge >= 0.3 is 5.97 Å². The molecule has 1 amide bonds. The van der Waals surface area contributed by atoms with E-state index in [-0.39, 0.29) is 25.7 Å². The number of carbonyl (C=O) groups is 2. The van der Waals surface area contributed by atoms with Crippen LogP contribution in [0.3, 0.4) is 0 Å². The van der Waals surface area contributed by atoms with E-state index in [4.69, 9.17) is 4.74 Å². The van der Waals surface area contributed by atoms with Gasteiger partial charge in [-0.2, -0.15) is 0 Å². The maximum Gasteiger partial charge on any atom is 0.311 e. The maximum atomic E-state index is 11.8. The summed E-state index contributed by atoms with van der Waals surface area (Å²) < 4.78 is 4.85. The Bertz CT molecular complexity index is 450. The largest absolute Gasteiger partial charge is 0.466 e. The van der Waals surface area contributed by atoms with Crippen LogP contribution in [-0.2, 0) is 20.7 Å². The van der Waals surface area contributed by atoms with Crippen molar-refractivity contribution in [3.05, 3.63) is 11.1 Å². The van der Waals surface area contributed by atoms with Gasteiger partial charge in [0.2, 0.25) is 5.91 Å². The number of anilines is 1. The number of hydrogen-bond donors (Lipinski definition) is 1. The highest BCUT2D eigenvalue weighted by atomic mass is 32.1. The number of aromatic nitrogens is 1. The zero-order chi connectivity index (χ0) is 17.0.